The van der Waals surface area contributed by atoms with Crippen LogP contribution in [-0.4, -0.2) is 18.1 Å². The predicted octanol–water partition coefficient (Wildman–Crippen LogP) is 2.15. The molecule has 2 aromatic rings. The Morgan fingerprint density at radius 3 is 2.83 bits per heavy atom. The summed E-state index contributed by atoms with van der Waals surface area (Å²) in [6, 6.07) is 10.1. The fraction of sp³-hybridized carbons (Fsp3) is 0.267. The quantitative estimate of drug-likeness (QED) is 0.831. The van der Waals surface area contributed by atoms with Gasteiger partial charge in [0.05, 0.1) is 17.8 Å². The topological polar surface area (TPSA) is 42.1 Å². The monoisotopic (exact) mass is 239 g/mol. The molecule has 2 N–H and O–H groups in total. The number of hydrogen-bond donors (Lipinski definition) is 1. The van der Waals surface area contributed by atoms with Crippen molar-refractivity contribution in [2.24, 2.45) is 5.73 Å². The fourth-order valence-corrected chi connectivity index (χ4v) is 2.05. The van der Waals surface area contributed by atoms with E-state index in [4.69, 9.17) is 12.2 Å². The Balaban J connectivity index is 2.63. The van der Waals surface area contributed by atoms with Crippen LogP contribution < -0.4 is 10.6 Å². The van der Waals surface area contributed by atoms with Gasteiger partial charge in [-0.2, -0.15) is 0 Å². The second-order valence-electron chi connectivity index (χ2n) is 4.07. The zero-order chi connectivity index (χ0) is 13.0. The van der Waals surface area contributed by atoms with Crippen LogP contribution in [0.3, 0.4) is 0 Å². The van der Waals surface area contributed by atoms with E-state index in [2.05, 4.69) is 28.8 Å². The third kappa shape index (κ3) is 2.29. The van der Waals surface area contributed by atoms with Crippen molar-refractivity contribution in [3.05, 3.63) is 36.0 Å². The SMILES string of the molecule is C#CCN(CC)c1cc(CN)nc2ccccc12. The van der Waals surface area contributed by atoms with Crippen LogP contribution in [0, 0.1) is 12.3 Å². The molecular weight excluding hydrogens is 222 g/mol. The molecular formula is C15H17N3. The van der Waals surface area contributed by atoms with Crippen LogP contribution in [0.2, 0.25) is 0 Å². The Hall–Kier alpha value is -2.05. The molecule has 0 aliphatic heterocycles. The average Bonchev–Trinajstić information content (AvgIpc) is 2.43. The summed E-state index contributed by atoms with van der Waals surface area (Å²) in [7, 11) is 0. The van der Waals surface area contributed by atoms with Gasteiger partial charge in [0.2, 0.25) is 0 Å². The van der Waals surface area contributed by atoms with Crippen LogP contribution >= 0.6 is 0 Å². The Morgan fingerprint density at radius 1 is 1.39 bits per heavy atom. The van der Waals surface area contributed by atoms with Gasteiger partial charge >= 0.3 is 0 Å². The van der Waals surface area contributed by atoms with Gasteiger partial charge in [0.25, 0.3) is 0 Å². The largest absolute Gasteiger partial charge is 0.360 e. The Bertz CT molecular complexity index is 584. The number of anilines is 1. The van der Waals surface area contributed by atoms with Crippen LogP contribution in [0.25, 0.3) is 10.9 Å². The second kappa shape index (κ2) is 5.52. The maximum atomic E-state index is 5.70. The number of pyridine rings is 1. The lowest BCUT2D eigenvalue weighted by molar-refractivity contribution is 0.914. The first-order chi connectivity index (χ1) is 8.80. The van der Waals surface area contributed by atoms with Crippen molar-refractivity contribution in [1.29, 1.82) is 0 Å². The van der Waals surface area contributed by atoms with E-state index < -0.39 is 0 Å². The minimum absolute atomic E-state index is 0.436. The van der Waals surface area contributed by atoms with Gasteiger partial charge in [-0.25, -0.2) is 0 Å². The first-order valence-electron chi connectivity index (χ1n) is 6.07. The molecule has 1 aromatic heterocycles. The molecule has 0 radical (unpaired) electrons. The van der Waals surface area contributed by atoms with E-state index in [1.165, 1.54) is 0 Å². The number of fused-ring (bicyclic) bond motifs is 1. The zero-order valence-electron chi connectivity index (χ0n) is 10.6. The van der Waals surface area contributed by atoms with Crippen LogP contribution in [-0.2, 0) is 6.54 Å². The van der Waals surface area contributed by atoms with Gasteiger partial charge in [0, 0.05) is 24.2 Å². The van der Waals surface area contributed by atoms with Crippen molar-refractivity contribution < 1.29 is 0 Å². The van der Waals surface area contributed by atoms with Crippen LogP contribution in [0.5, 0.6) is 0 Å². The first-order valence-corrected chi connectivity index (χ1v) is 6.07. The number of nitrogens with two attached hydrogens (primary N) is 1. The molecule has 0 fully saturated rings. The standard InChI is InChI=1S/C15H17N3/c1-3-9-18(4-2)15-10-12(11-16)17-14-8-6-5-7-13(14)15/h1,5-8,10H,4,9,11,16H2,2H3. The molecule has 1 aromatic carbocycles. The number of para-hydroxylation sites is 1. The number of rotatable bonds is 4. The van der Waals surface area contributed by atoms with E-state index in [1.807, 2.05) is 24.3 Å². The number of aromatic nitrogens is 1. The number of nitrogens with zero attached hydrogens (tertiary/aromatic N) is 2. The molecule has 0 saturated heterocycles. The van der Waals surface area contributed by atoms with E-state index in [9.17, 15) is 0 Å². The third-order valence-electron chi connectivity index (χ3n) is 2.96. The van der Waals surface area contributed by atoms with Gasteiger partial charge < -0.3 is 10.6 Å². The Kier molecular flexibility index (Phi) is 3.81. The van der Waals surface area contributed by atoms with Gasteiger partial charge in [-0.3, -0.25) is 4.98 Å². The van der Waals surface area contributed by atoms with Gasteiger partial charge in [0.15, 0.2) is 0 Å². The normalized spacial score (nSPS) is 10.3. The lowest BCUT2D eigenvalue weighted by Crippen LogP contribution is -2.23. The minimum atomic E-state index is 0.436. The van der Waals surface area contributed by atoms with E-state index in [0.717, 1.165) is 28.8 Å². The molecule has 0 aliphatic carbocycles. The number of terminal acetylenes is 1. The molecule has 92 valence electrons. The average molecular weight is 239 g/mol. The summed E-state index contributed by atoms with van der Waals surface area (Å²) in [6.07, 6.45) is 5.42. The maximum Gasteiger partial charge on any atom is 0.0791 e. The van der Waals surface area contributed by atoms with Crippen molar-refractivity contribution in [3.63, 3.8) is 0 Å². The smallest absolute Gasteiger partial charge is 0.0791 e. The van der Waals surface area contributed by atoms with E-state index in [-0.39, 0.29) is 0 Å². The summed E-state index contributed by atoms with van der Waals surface area (Å²) in [5, 5.41) is 1.12. The Morgan fingerprint density at radius 2 is 2.17 bits per heavy atom. The lowest BCUT2D eigenvalue weighted by atomic mass is 10.1. The molecule has 0 aliphatic rings. The van der Waals surface area contributed by atoms with E-state index in [0.29, 0.717) is 13.1 Å². The van der Waals surface area contributed by atoms with E-state index in [1.54, 1.807) is 0 Å². The highest BCUT2D eigenvalue weighted by molar-refractivity contribution is 5.92. The molecule has 1 heterocycles. The van der Waals surface area contributed by atoms with Crippen LogP contribution in [0.15, 0.2) is 30.3 Å². The predicted molar refractivity (Wildman–Crippen MR) is 76.4 cm³/mol. The molecule has 0 saturated carbocycles. The first kappa shape index (κ1) is 12.4. The number of hydrogen-bond acceptors (Lipinski definition) is 3. The third-order valence-corrected chi connectivity index (χ3v) is 2.96. The van der Waals surface area contributed by atoms with Gasteiger partial charge in [-0.05, 0) is 19.1 Å². The summed E-state index contributed by atoms with van der Waals surface area (Å²) >= 11 is 0. The second-order valence-corrected chi connectivity index (χ2v) is 4.07. The lowest BCUT2D eigenvalue weighted by Gasteiger charge is -2.22. The molecule has 0 bridgehead atoms. The Labute approximate surface area is 108 Å². The van der Waals surface area contributed by atoms with Gasteiger partial charge in [-0.15, -0.1) is 6.42 Å². The van der Waals surface area contributed by atoms with Crippen molar-refractivity contribution in [1.82, 2.24) is 4.98 Å². The van der Waals surface area contributed by atoms with Crippen molar-refractivity contribution >= 4 is 16.6 Å². The number of benzene rings is 1. The molecule has 0 unspecified atom stereocenters. The minimum Gasteiger partial charge on any atom is -0.360 e. The van der Waals surface area contributed by atoms with Gasteiger partial charge in [0.1, 0.15) is 0 Å². The van der Waals surface area contributed by atoms with Crippen molar-refractivity contribution in [2.75, 3.05) is 18.0 Å². The molecule has 2 rings (SSSR count). The molecule has 18 heavy (non-hydrogen) atoms. The molecule has 0 amide bonds. The molecule has 0 spiro atoms. The molecule has 0 atom stereocenters. The summed E-state index contributed by atoms with van der Waals surface area (Å²) in [5.74, 6) is 2.69. The van der Waals surface area contributed by atoms with Crippen LogP contribution in [0.1, 0.15) is 12.6 Å². The van der Waals surface area contributed by atoms with Crippen LogP contribution in [0.4, 0.5) is 5.69 Å². The summed E-state index contributed by atoms with van der Waals surface area (Å²) < 4.78 is 0. The molecule has 3 nitrogen and oxygen atoms in total. The maximum absolute atomic E-state index is 5.70. The highest BCUT2D eigenvalue weighted by Gasteiger charge is 2.10. The molecule has 3 heteroatoms. The summed E-state index contributed by atoms with van der Waals surface area (Å²) in [6.45, 7) is 3.98. The van der Waals surface area contributed by atoms with Crippen molar-refractivity contribution in [3.8, 4) is 12.3 Å². The zero-order valence-corrected chi connectivity index (χ0v) is 10.6. The highest BCUT2D eigenvalue weighted by Crippen LogP contribution is 2.26. The van der Waals surface area contributed by atoms with E-state index >= 15 is 0 Å². The van der Waals surface area contributed by atoms with Crippen molar-refractivity contribution in [2.45, 2.75) is 13.5 Å². The highest BCUT2D eigenvalue weighted by atomic mass is 15.1. The summed E-state index contributed by atoms with van der Waals surface area (Å²) in [5.41, 5.74) is 8.67. The summed E-state index contributed by atoms with van der Waals surface area (Å²) in [4.78, 5) is 6.68. The van der Waals surface area contributed by atoms with Gasteiger partial charge in [-0.1, -0.05) is 24.1 Å². The fourth-order valence-electron chi connectivity index (χ4n) is 2.05.